The smallest absolute Gasteiger partial charge is 0.229 e. The van der Waals surface area contributed by atoms with E-state index in [0.29, 0.717) is 5.95 Å². The second-order valence-electron chi connectivity index (χ2n) is 5.90. The quantitative estimate of drug-likeness (QED) is 0.624. The van der Waals surface area contributed by atoms with Gasteiger partial charge in [-0.1, -0.05) is 29.8 Å². The molecular weight excluding hydrogens is 348 g/mol. The molecule has 0 aliphatic rings. The molecule has 1 aromatic heterocycles. The lowest BCUT2D eigenvalue weighted by atomic mass is 10.1. The summed E-state index contributed by atoms with van der Waals surface area (Å²) in [6.45, 7) is 2.78. The summed E-state index contributed by atoms with van der Waals surface area (Å²) in [7, 11) is 1.64. The molecule has 0 aliphatic carbocycles. The molecular formula is C20H21ClN4O. The minimum atomic E-state index is 0.515. The van der Waals surface area contributed by atoms with Gasteiger partial charge in [0.1, 0.15) is 11.6 Å². The molecule has 0 unspecified atom stereocenters. The van der Waals surface area contributed by atoms with Crippen LogP contribution in [0.25, 0.3) is 0 Å². The van der Waals surface area contributed by atoms with Crippen molar-refractivity contribution in [1.82, 2.24) is 9.97 Å². The molecule has 0 saturated carbocycles. The van der Waals surface area contributed by atoms with Gasteiger partial charge in [-0.15, -0.1) is 0 Å². The number of anilines is 3. The Morgan fingerprint density at radius 1 is 1.12 bits per heavy atom. The van der Waals surface area contributed by atoms with Gasteiger partial charge >= 0.3 is 0 Å². The molecule has 0 spiro atoms. The van der Waals surface area contributed by atoms with Crippen LogP contribution in [0.1, 0.15) is 11.1 Å². The van der Waals surface area contributed by atoms with Crippen molar-refractivity contribution in [3.05, 3.63) is 70.9 Å². The molecule has 0 amide bonds. The van der Waals surface area contributed by atoms with Gasteiger partial charge in [-0.05, 0) is 54.8 Å². The van der Waals surface area contributed by atoms with Gasteiger partial charge in [0.2, 0.25) is 5.95 Å². The largest absolute Gasteiger partial charge is 0.495 e. The second-order valence-corrected chi connectivity index (χ2v) is 6.34. The highest BCUT2D eigenvalue weighted by atomic mass is 35.5. The monoisotopic (exact) mass is 368 g/mol. The molecule has 2 N–H and O–H groups in total. The van der Waals surface area contributed by atoms with Crippen LogP contribution in [0.3, 0.4) is 0 Å². The number of nitrogens with one attached hydrogen (secondary N) is 2. The Bertz CT molecular complexity index is 885. The number of ether oxygens (including phenoxy) is 1. The fraction of sp³-hybridized carbons (Fsp3) is 0.200. The van der Waals surface area contributed by atoms with Crippen LogP contribution in [0.4, 0.5) is 17.5 Å². The molecule has 0 saturated heterocycles. The molecule has 2 aromatic carbocycles. The molecule has 26 heavy (non-hydrogen) atoms. The predicted octanol–water partition coefficient (Wildman–Crippen LogP) is 4.85. The minimum absolute atomic E-state index is 0.515. The van der Waals surface area contributed by atoms with Gasteiger partial charge in [-0.2, -0.15) is 4.98 Å². The number of hydrogen-bond donors (Lipinski definition) is 2. The molecule has 134 valence electrons. The number of hydrogen-bond acceptors (Lipinski definition) is 5. The number of aromatic nitrogens is 2. The standard InChI is InChI=1S/C20H21ClN4O/c1-14-6-7-18(26-2)17(12-14)24-20-23-11-9-19(25-20)22-10-8-15-4-3-5-16(21)13-15/h3-7,9,11-13H,8,10H2,1-2H3,(H2,22,23,24,25). The number of rotatable bonds is 7. The first-order chi connectivity index (χ1) is 12.6. The first-order valence-electron chi connectivity index (χ1n) is 8.37. The highest BCUT2D eigenvalue weighted by Crippen LogP contribution is 2.27. The number of nitrogens with zero attached hydrogens (tertiary/aromatic N) is 2. The summed E-state index contributed by atoms with van der Waals surface area (Å²) in [6.07, 6.45) is 2.58. The van der Waals surface area contributed by atoms with E-state index in [1.54, 1.807) is 13.3 Å². The summed E-state index contributed by atoms with van der Waals surface area (Å²) in [5.41, 5.74) is 3.15. The molecule has 0 bridgehead atoms. The number of methoxy groups -OCH3 is 1. The topological polar surface area (TPSA) is 59.1 Å². The Hall–Kier alpha value is -2.79. The zero-order valence-corrected chi connectivity index (χ0v) is 15.5. The van der Waals surface area contributed by atoms with Gasteiger partial charge in [0, 0.05) is 17.8 Å². The van der Waals surface area contributed by atoms with Gasteiger partial charge in [-0.3, -0.25) is 0 Å². The minimum Gasteiger partial charge on any atom is -0.495 e. The van der Waals surface area contributed by atoms with Crippen LogP contribution in [0.2, 0.25) is 5.02 Å². The Morgan fingerprint density at radius 3 is 2.81 bits per heavy atom. The van der Waals surface area contributed by atoms with E-state index in [9.17, 15) is 0 Å². The van der Waals surface area contributed by atoms with Crippen molar-refractivity contribution in [1.29, 1.82) is 0 Å². The van der Waals surface area contributed by atoms with Crippen molar-refractivity contribution in [3.63, 3.8) is 0 Å². The van der Waals surface area contributed by atoms with Crippen molar-refractivity contribution in [2.24, 2.45) is 0 Å². The molecule has 0 aliphatic heterocycles. The maximum absolute atomic E-state index is 6.01. The van der Waals surface area contributed by atoms with Gasteiger partial charge in [0.05, 0.1) is 12.8 Å². The average molecular weight is 369 g/mol. The molecule has 0 atom stereocenters. The van der Waals surface area contributed by atoms with E-state index in [1.165, 1.54) is 5.56 Å². The van der Waals surface area contributed by atoms with E-state index >= 15 is 0 Å². The summed E-state index contributed by atoms with van der Waals surface area (Å²) in [5.74, 6) is 2.02. The zero-order valence-electron chi connectivity index (χ0n) is 14.8. The molecule has 1 heterocycles. The van der Waals surface area contributed by atoms with Crippen LogP contribution < -0.4 is 15.4 Å². The number of aryl methyl sites for hydroxylation is 1. The van der Waals surface area contributed by atoms with Gasteiger partial charge in [-0.25, -0.2) is 4.98 Å². The van der Waals surface area contributed by atoms with Crippen molar-refractivity contribution >= 4 is 29.1 Å². The lowest BCUT2D eigenvalue weighted by Gasteiger charge is -2.12. The zero-order chi connectivity index (χ0) is 18.4. The van der Waals surface area contributed by atoms with Crippen LogP contribution in [-0.2, 0) is 6.42 Å². The number of benzene rings is 2. The maximum Gasteiger partial charge on any atom is 0.229 e. The summed E-state index contributed by atoms with van der Waals surface area (Å²) < 4.78 is 5.38. The fourth-order valence-electron chi connectivity index (χ4n) is 2.58. The van der Waals surface area contributed by atoms with Crippen molar-refractivity contribution < 1.29 is 4.74 Å². The van der Waals surface area contributed by atoms with Gasteiger partial charge < -0.3 is 15.4 Å². The molecule has 3 rings (SSSR count). The van der Waals surface area contributed by atoms with E-state index in [2.05, 4.69) is 26.7 Å². The second kappa shape index (κ2) is 8.54. The molecule has 0 radical (unpaired) electrons. The van der Waals surface area contributed by atoms with E-state index < -0.39 is 0 Å². The number of halogens is 1. The lowest BCUT2D eigenvalue weighted by molar-refractivity contribution is 0.416. The summed E-state index contributed by atoms with van der Waals surface area (Å²) in [6, 6.07) is 15.6. The maximum atomic E-state index is 6.01. The van der Waals surface area contributed by atoms with E-state index in [-0.39, 0.29) is 0 Å². The van der Waals surface area contributed by atoms with Crippen LogP contribution in [0, 0.1) is 6.92 Å². The fourth-order valence-corrected chi connectivity index (χ4v) is 2.80. The van der Waals surface area contributed by atoms with Crippen molar-refractivity contribution in [3.8, 4) is 5.75 Å². The third-order valence-electron chi connectivity index (χ3n) is 3.87. The lowest BCUT2D eigenvalue weighted by Crippen LogP contribution is -2.08. The van der Waals surface area contributed by atoms with Crippen LogP contribution in [0.15, 0.2) is 54.7 Å². The van der Waals surface area contributed by atoms with Crippen LogP contribution in [-0.4, -0.2) is 23.6 Å². The van der Waals surface area contributed by atoms with Gasteiger partial charge in [0.15, 0.2) is 0 Å². The highest BCUT2D eigenvalue weighted by Gasteiger charge is 2.06. The third kappa shape index (κ3) is 4.86. The molecule has 0 fully saturated rings. The predicted molar refractivity (Wildman–Crippen MR) is 107 cm³/mol. The Labute approximate surface area is 158 Å². The van der Waals surface area contributed by atoms with Crippen LogP contribution in [0.5, 0.6) is 5.75 Å². The van der Waals surface area contributed by atoms with Crippen molar-refractivity contribution in [2.45, 2.75) is 13.3 Å². The normalized spacial score (nSPS) is 10.4. The first kappa shape index (κ1) is 18.0. The van der Waals surface area contributed by atoms with Gasteiger partial charge in [0.25, 0.3) is 0 Å². The Balaban J connectivity index is 1.64. The SMILES string of the molecule is COc1ccc(C)cc1Nc1nccc(NCCc2cccc(Cl)c2)n1. The summed E-state index contributed by atoms with van der Waals surface area (Å²) in [5, 5.41) is 7.28. The van der Waals surface area contributed by atoms with E-state index in [4.69, 9.17) is 16.3 Å². The Kier molecular flexibility index (Phi) is 5.92. The van der Waals surface area contributed by atoms with Crippen LogP contribution >= 0.6 is 11.6 Å². The summed E-state index contributed by atoms with van der Waals surface area (Å²) in [4.78, 5) is 8.79. The highest BCUT2D eigenvalue weighted by molar-refractivity contribution is 6.30. The average Bonchev–Trinajstić information content (AvgIpc) is 2.62. The molecule has 5 nitrogen and oxygen atoms in total. The third-order valence-corrected chi connectivity index (χ3v) is 4.10. The molecule has 3 aromatic rings. The first-order valence-corrected chi connectivity index (χ1v) is 8.75. The van der Waals surface area contributed by atoms with E-state index in [1.807, 2.05) is 49.4 Å². The van der Waals surface area contributed by atoms with E-state index in [0.717, 1.165) is 40.8 Å². The Morgan fingerprint density at radius 2 is 2.00 bits per heavy atom. The summed E-state index contributed by atoms with van der Waals surface area (Å²) >= 11 is 6.01. The molecule has 6 heteroatoms. The van der Waals surface area contributed by atoms with Crippen molar-refractivity contribution in [2.75, 3.05) is 24.3 Å².